The van der Waals surface area contributed by atoms with E-state index < -0.39 is 0 Å². The van der Waals surface area contributed by atoms with Gasteiger partial charge in [0.15, 0.2) is 5.78 Å². The number of hydrogen-bond donors (Lipinski definition) is 1. The summed E-state index contributed by atoms with van der Waals surface area (Å²) >= 11 is 3.27. The molecule has 3 heteroatoms. The highest BCUT2D eigenvalue weighted by molar-refractivity contribution is 9.10. The molecule has 0 bridgehead atoms. The Kier molecular flexibility index (Phi) is 1.94. The van der Waals surface area contributed by atoms with Crippen LogP contribution in [0.5, 0.6) is 0 Å². The molecule has 1 heterocycles. The van der Waals surface area contributed by atoms with Crippen molar-refractivity contribution in [2.45, 2.75) is 13.8 Å². The SMILES string of the molecule is CC(=O)c1[nH]c(C)cc1Br. The van der Waals surface area contributed by atoms with Gasteiger partial charge in [-0.05, 0) is 28.9 Å². The fourth-order valence-corrected chi connectivity index (χ4v) is 1.53. The molecule has 0 amide bonds. The van der Waals surface area contributed by atoms with Crippen molar-refractivity contribution in [3.63, 3.8) is 0 Å². The number of rotatable bonds is 1. The van der Waals surface area contributed by atoms with Crippen molar-refractivity contribution in [1.82, 2.24) is 4.98 Å². The highest BCUT2D eigenvalue weighted by atomic mass is 79.9. The molecule has 0 spiro atoms. The molecule has 0 aliphatic carbocycles. The Labute approximate surface area is 67.8 Å². The van der Waals surface area contributed by atoms with Crippen LogP contribution >= 0.6 is 15.9 Å². The van der Waals surface area contributed by atoms with Gasteiger partial charge in [0.1, 0.15) is 0 Å². The quantitative estimate of drug-likeness (QED) is 0.696. The zero-order chi connectivity index (χ0) is 7.72. The van der Waals surface area contributed by atoms with Crippen LogP contribution in [0, 0.1) is 6.92 Å². The fourth-order valence-electron chi connectivity index (χ4n) is 0.811. The maximum Gasteiger partial charge on any atom is 0.177 e. The lowest BCUT2D eigenvalue weighted by molar-refractivity contribution is 0.101. The third-order valence-electron chi connectivity index (χ3n) is 1.26. The number of aromatic nitrogens is 1. The number of carbonyl (C=O) groups excluding carboxylic acids is 1. The van der Waals surface area contributed by atoms with Gasteiger partial charge in [0.05, 0.1) is 5.69 Å². The molecule has 0 unspecified atom stereocenters. The molecule has 1 N–H and O–H groups in total. The summed E-state index contributed by atoms with van der Waals surface area (Å²) in [6.07, 6.45) is 0. The van der Waals surface area contributed by atoms with E-state index in [1.165, 1.54) is 6.92 Å². The second-order valence-electron chi connectivity index (χ2n) is 2.23. The number of ketones is 1. The molecule has 0 saturated carbocycles. The second-order valence-corrected chi connectivity index (χ2v) is 3.09. The fraction of sp³-hybridized carbons (Fsp3) is 0.286. The Morgan fingerprint density at radius 1 is 1.70 bits per heavy atom. The topological polar surface area (TPSA) is 32.9 Å². The van der Waals surface area contributed by atoms with Crippen molar-refractivity contribution in [3.8, 4) is 0 Å². The smallest absolute Gasteiger partial charge is 0.177 e. The number of aryl methyl sites for hydroxylation is 1. The van der Waals surface area contributed by atoms with Gasteiger partial charge in [-0.2, -0.15) is 0 Å². The van der Waals surface area contributed by atoms with Gasteiger partial charge in [-0.25, -0.2) is 0 Å². The summed E-state index contributed by atoms with van der Waals surface area (Å²) in [7, 11) is 0. The van der Waals surface area contributed by atoms with Crippen LogP contribution < -0.4 is 0 Å². The monoisotopic (exact) mass is 201 g/mol. The van der Waals surface area contributed by atoms with E-state index in [1.54, 1.807) is 0 Å². The lowest BCUT2D eigenvalue weighted by atomic mass is 10.3. The molecule has 0 aromatic carbocycles. The molecule has 1 rings (SSSR count). The molecule has 0 atom stereocenters. The number of hydrogen-bond acceptors (Lipinski definition) is 1. The zero-order valence-electron chi connectivity index (χ0n) is 5.86. The Morgan fingerprint density at radius 2 is 2.30 bits per heavy atom. The predicted octanol–water partition coefficient (Wildman–Crippen LogP) is 2.29. The molecular formula is C7H8BrNO. The normalized spacial score (nSPS) is 9.90. The summed E-state index contributed by atoms with van der Waals surface area (Å²) < 4.78 is 0.845. The average molecular weight is 202 g/mol. The third kappa shape index (κ3) is 1.29. The molecule has 0 aliphatic rings. The minimum atomic E-state index is 0.0555. The number of Topliss-reactive ketones (excluding diaryl/α,β-unsaturated/α-hetero) is 1. The van der Waals surface area contributed by atoms with Gasteiger partial charge in [0.2, 0.25) is 0 Å². The molecule has 10 heavy (non-hydrogen) atoms. The Balaban J connectivity index is 3.15. The molecule has 2 nitrogen and oxygen atoms in total. The van der Waals surface area contributed by atoms with Crippen LogP contribution in [-0.4, -0.2) is 10.8 Å². The van der Waals surface area contributed by atoms with Crippen molar-refractivity contribution >= 4 is 21.7 Å². The van der Waals surface area contributed by atoms with Gasteiger partial charge >= 0.3 is 0 Å². The molecule has 0 radical (unpaired) electrons. The first-order valence-electron chi connectivity index (χ1n) is 2.97. The number of aromatic amines is 1. The van der Waals surface area contributed by atoms with Crippen molar-refractivity contribution in [1.29, 1.82) is 0 Å². The van der Waals surface area contributed by atoms with Gasteiger partial charge in [0.25, 0.3) is 0 Å². The van der Waals surface area contributed by atoms with E-state index in [1.807, 2.05) is 13.0 Å². The standard InChI is InChI=1S/C7H8BrNO/c1-4-3-6(8)7(9-4)5(2)10/h3,9H,1-2H3. The van der Waals surface area contributed by atoms with Crippen molar-refractivity contribution < 1.29 is 4.79 Å². The zero-order valence-corrected chi connectivity index (χ0v) is 7.45. The maximum atomic E-state index is 10.8. The van der Waals surface area contributed by atoms with Crippen LogP contribution in [0.1, 0.15) is 23.1 Å². The molecular weight excluding hydrogens is 194 g/mol. The van der Waals surface area contributed by atoms with Gasteiger partial charge in [0, 0.05) is 17.1 Å². The van der Waals surface area contributed by atoms with Crippen molar-refractivity contribution in [2.24, 2.45) is 0 Å². The van der Waals surface area contributed by atoms with Gasteiger partial charge < -0.3 is 4.98 Å². The molecule has 0 saturated heterocycles. The summed E-state index contributed by atoms with van der Waals surface area (Å²) in [5.41, 5.74) is 1.65. The van der Waals surface area contributed by atoms with Crippen LogP contribution in [0.4, 0.5) is 0 Å². The first-order valence-corrected chi connectivity index (χ1v) is 3.76. The number of halogens is 1. The summed E-state index contributed by atoms with van der Waals surface area (Å²) in [5.74, 6) is 0.0555. The van der Waals surface area contributed by atoms with Crippen molar-refractivity contribution in [2.75, 3.05) is 0 Å². The van der Waals surface area contributed by atoms with Gasteiger partial charge in [-0.15, -0.1) is 0 Å². The minimum Gasteiger partial charge on any atom is -0.355 e. The van der Waals surface area contributed by atoms with E-state index in [-0.39, 0.29) is 5.78 Å². The van der Waals surface area contributed by atoms with Crippen LogP contribution in [0.25, 0.3) is 0 Å². The highest BCUT2D eigenvalue weighted by Crippen LogP contribution is 2.17. The Hall–Kier alpha value is -0.570. The van der Waals surface area contributed by atoms with Gasteiger partial charge in [-0.3, -0.25) is 4.79 Å². The highest BCUT2D eigenvalue weighted by Gasteiger charge is 2.06. The Bertz CT molecular complexity index is 265. The number of H-pyrrole nitrogens is 1. The third-order valence-corrected chi connectivity index (χ3v) is 1.88. The first kappa shape index (κ1) is 7.54. The van der Waals surface area contributed by atoms with E-state index in [9.17, 15) is 4.79 Å². The van der Waals surface area contributed by atoms with E-state index in [2.05, 4.69) is 20.9 Å². The largest absolute Gasteiger partial charge is 0.355 e. The van der Waals surface area contributed by atoms with Crippen LogP contribution in [0.15, 0.2) is 10.5 Å². The summed E-state index contributed by atoms with van der Waals surface area (Å²) in [6.45, 7) is 3.45. The van der Waals surface area contributed by atoms with E-state index >= 15 is 0 Å². The van der Waals surface area contributed by atoms with E-state index in [0.717, 1.165) is 10.2 Å². The van der Waals surface area contributed by atoms with E-state index in [4.69, 9.17) is 0 Å². The van der Waals surface area contributed by atoms with Gasteiger partial charge in [-0.1, -0.05) is 0 Å². The second kappa shape index (κ2) is 2.58. The van der Waals surface area contributed by atoms with E-state index in [0.29, 0.717) is 5.69 Å². The van der Waals surface area contributed by atoms with Crippen molar-refractivity contribution in [3.05, 3.63) is 21.9 Å². The summed E-state index contributed by atoms with van der Waals surface area (Å²) in [5, 5.41) is 0. The number of carbonyl (C=O) groups is 1. The molecule has 54 valence electrons. The number of nitrogens with one attached hydrogen (secondary N) is 1. The Morgan fingerprint density at radius 3 is 2.50 bits per heavy atom. The predicted molar refractivity (Wildman–Crippen MR) is 43.2 cm³/mol. The van der Waals surface area contributed by atoms with Crippen LogP contribution in [0.2, 0.25) is 0 Å². The van der Waals surface area contributed by atoms with Crippen LogP contribution in [0.3, 0.4) is 0 Å². The lowest BCUT2D eigenvalue weighted by Crippen LogP contribution is -1.92. The van der Waals surface area contributed by atoms with Crippen LogP contribution in [-0.2, 0) is 0 Å². The average Bonchev–Trinajstić information content (AvgIpc) is 2.10. The molecule has 1 aromatic heterocycles. The first-order chi connectivity index (χ1) is 4.61. The lowest BCUT2D eigenvalue weighted by Gasteiger charge is -1.88. The molecule has 0 fully saturated rings. The summed E-state index contributed by atoms with van der Waals surface area (Å²) in [4.78, 5) is 13.8. The minimum absolute atomic E-state index is 0.0555. The molecule has 0 aliphatic heterocycles. The maximum absolute atomic E-state index is 10.8. The molecule has 1 aromatic rings. The summed E-state index contributed by atoms with van der Waals surface area (Å²) in [6, 6.07) is 1.89.